The highest BCUT2D eigenvalue weighted by molar-refractivity contribution is 4.85. The molecule has 0 saturated carbocycles. The third kappa shape index (κ3) is 0.644. The van der Waals surface area contributed by atoms with Gasteiger partial charge in [-0.1, -0.05) is 0 Å². The lowest BCUT2D eigenvalue weighted by Crippen LogP contribution is -2.35. The van der Waals surface area contributed by atoms with Gasteiger partial charge < -0.3 is 4.74 Å². The Hall–Kier alpha value is -0.0800. The average Bonchev–Trinajstić information content (AvgIpc) is 2.12. The second-order valence-electron chi connectivity index (χ2n) is 2.57. The van der Waals surface area contributed by atoms with Crippen LogP contribution in [0.4, 0.5) is 0 Å². The molecule has 8 heavy (non-hydrogen) atoms. The van der Waals surface area contributed by atoms with Gasteiger partial charge in [-0.2, -0.15) is 0 Å². The van der Waals surface area contributed by atoms with E-state index in [1.807, 2.05) is 0 Å². The first kappa shape index (κ1) is 4.77. The molecular weight excluding hydrogens is 102 g/mol. The maximum Gasteiger partial charge on any atom is 0.0636 e. The summed E-state index contributed by atoms with van der Waals surface area (Å²) in [4.78, 5) is 0. The minimum absolute atomic E-state index is 0.564. The Kier molecular flexibility index (Phi) is 1.02. The normalized spacial score (nSPS) is 45.0. The van der Waals surface area contributed by atoms with Crippen molar-refractivity contribution >= 4 is 0 Å². The molecular formula is C6H10NO. The summed E-state index contributed by atoms with van der Waals surface area (Å²) in [5.41, 5.74) is 0. The van der Waals surface area contributed by atoms with Crippen LogP contribution in [0, 0.1) is 0 Å². The maximum absolute atomic E-state index is 5.26. The summed E-state index contributed by atoms with van der Waals surface area (Å²) in [5.74, 6) is 0. The summed E-state index contributed by atoms with van der Waals surface area (Å²) in [6.45, 7) is 1.77. The van der Waals surface area contributed by atoms with Crippen LogP contribution in [-0.4, -0.2) is 25.3 Å². The van der Waals surface area contributed by atoms with Crippen molar-refractivity contribution < 1.29 is 4.74 Å². The summed E-state index contributed by atoms with van der Waals surface area (Å²) in [6, 6.07) is 1.13. The molecule has 2 unspecified atom stereocenters. The number of morpholine rings is 1. The Morgan fingerprint density at radius 2 is 1.75 bits per heavy atom. The van der Waals surface area contributed by atoms with Crippen molar-refractivity contribution in [3.05, 3.63) is 0 Å². The van der Waals surface area contributed by atoms with E-state index in [4.69, 9.17) is 4.74 Å². The highest BCUT2D eigenvalue weighted by Gasteiger charge is 2.29. The fraction of sp³-hybridized carbons (Fsp3) is 1.00. The Labute approximate surface area is 49.2 Å². The summed E-state index contributed by atoms with van der Waals surface area (Å²) in [5, 5.41) is 4.47. The third-order valence-electron chi connectivity index (χ3n) is 1.88. The predicted octanol–water partition coefficient (Wildman–Crippen LogP) is 0.152. The van der Waals surface area contributed by atoms with Crippen LogP contribution in [0.1, 0.15) is 12.8 Å². The van der Waals surface area contributed by atoms with Gasteiger partial charge in [-0.05, 0) is 12.8 Å². The largest absolute Gasteiger partial charge is 0.378 e. The van der Waals surface area contributed by atoms with Gasteiger partial charge >= 0.3 is 0 Å². The van der Waals surface area contributed by atoms with Crippen molar-refractivity contribution in [2.75, 3.05) is 13.2 Å². The molecule has 2 heteroatoms. The van der Waals surface area contributed by atoms with Crippen LogP contribution >= 0.6 is 0 Å². The van der Waals surface area contributed by atoms with Crippen molar-refractivity contribution in [2.24, 2.45) is 0 Å². The van der Waals surface area contributed by atoms with E-state index in [-0.39, 0.29) is 0 Å². The number of ether oxygens (including phenoxy) is 1. The van der Waals surface area contributed by atoms with Gasteiger partial charge in [-0.15, -0.1) is 0 Å². The van der Waals surface area contributed by atoms with Gasteiger partial charge in [0.1, 0.15) is 0 Å². The van der Waals surface area contributed by atoms with Crippen LogP contribution in [0.15, 0.2) is 0 Å². The molecule has 2 nitrogen and oxygen atoms in total. The van der Waals surface area contributed by atoms with Gasteiger partial charge in [0, 0.05) is 12.1 Å². The molecule has 2 saturated heterocycles. The summed E-state index contributed by atoms with van der Waals surface area (Å²) in [6.07, 6.45) is 2.54. The Morgan fingerprint density at radius 1 is 1.12 bits per heavy atom. The van der Waals surface area contributed by atoms with E-state index >= 15 is 0 Å². The predicted molar refractivity (Wildman–Crippen MR) is 29.8 cm³/mol. The molecule has 0 amide bonds. The first-order valence-corrected chi connectivity index (χ1v) is 3.23. The van der Waals surface area contributed by atoms with Crippen molar-refractivity contribution in [1.29, 1.82) is 0 Å². The van der Waals surface area contributed by atoms with Gasteiger partial charge in [0.2, 0.25) is 0 Å². The molecule has 2 aliphatic rings. The van der Waals surface area contributed by atoms with Gasteiger partial charge in [0.05, 0.1) is 13.2 Å². The topological polar surface area (TPSA) is 23.3 Å². The van der Waals surface area contributed by atoms with E-state index in [1.54, 1.807) is 0 Å². The SMILES string of the molecule is C1CC2COCC1[N]2. The molecule has 0 aromatic rings. The molecule has 0 N–H and O–H groups in total. The highest BCUT2D eigenvalue weighted by Crippen LogP contribution is 2.18. The van der Waals surface area contributed by atoms with E-state index < -0.39 is 0 Å². The Morgan fingerprint density at radius 3 is 2.25 bits per heavy atom. The zero-order valence-corrected chi connectivity index (χ0v) is 4.84. The van der Waals surface area contributed by atoms with Crippen molar-refractivity contribution in [1.82, 2.24) is 5.32 Å². The standard InChI is InChI=1S/C6H10NO/c1-2-6-4-8-3-5(1)7-6/h5-6H,1-4H2. The fourth-order valence-electron chi connectivity index (χ4n) is 1.42. The minimum atomic E-state index is 0.564. The minimum Gasteiger partial charge on any atom is -0.378 e. The van der Waals surface area contributed by atoms with Crippen molar-refractivity contribution in [2.45, 2.75) is 24.9 Å². The maximum atomic E-state index is 5.26. The van der Waals surface area contributed by atoms with E-state index in [1.165, 1.54) is 12.8 Å². The summed E-state index contributed by atoms with van der Waals surface area (Å²) < 4.78 is 5.26. The number of nitrogens with zero attached hydrogens (tertiary/aromatic N) is 1. The molecule has 1 radical (unpaired) electrons. The van der Waals surface area contributed by atoms with E-state index in [9.17, 15) is 0 Å². The monoisotopic (exact) mass is 112 g/mol. The molecule has 0 aliphatic carbocycles. The van der Waals surface area contributed by atoms with Gasteiger partial charge in [0.25, 0.3) is 0 Å². The first-order chi connectivity index (χ1) is 3.95. The molecule has 0 spiro atoms. The fourth-order valence-corrected chi connectivity index (χ4v) is 1.42. The zero-order valence-electron chi connectivity index (χ0n) is 4.84. The quantitative estimate of drug-likeness (QED) is 0.437. The van der Waals surface area contributed by atoms with Crippen molar-refractivity contribution in [3.63, 3.8) is 0 Å². The highest BCUT2D eigenvalue weighted by atomic mass is 16.5. The van der Waals surface area contributed by atoms with Gasteiger partial charge in [-0.3, -0.25) is 0 Å². The van der Waals surface area contributed by atoms with Gasteiger partial charge in [-0.25, -0.2) is 5.32 Å². The first-order valence-electron chi connectivity index (χ1n) is 3.23. The zero-order chi connectivity index (χ0) is 5.40. The number of hydrogen-bond donors (Lipinski definition) is 0. The summed E-state index contributed by atoms with van der Waals surface area (Å²) in [7, 11) is 0. The van der Waals surface area contributed by atoms with Gasteiger partial charge in [0.15, 0.2) is 0 Å². The van der Waals surface area contributed by atoms with Crippen LogP contribution in [0.5, 0.6) is 0 Å². The molecule has 45 valence electrons. The Bertz CT molecular complexity index is 80.5. The number of hydrogen-bond acceptors (Lipinski definition) is 1. The second kappa shape index (κ2) is 1.71. The summed E-state index contributed by atoms with van der Waals surface area (Å²) >= 11 is 0. The van der Waals surface area contributed by atoms with Crippen LogP contribution in [0.25, 0.3) is 0 Å². The molecule has 2 aliphatic heterocycles. The smallest absolute Gasteiger partial charge is 0.0636 e. The molecule has 2 bridgehead atoms. The molecule has 0 aromatic heterocycles. The van der Waals surface area contributed by atoms with E-state index in [2.05, 4.69) is 5.32 Å². The lowest BCUT2D eigenvalue weighted by Gasteiger charge is -2.18. The Balaban J connectivity index is 2.03. The second-order valence-corrected chi connectivity index (χ2v) is 2.57. The molecule has 2 rings (SSSR count). The van der Waals surface area contributed by atoms with Crippen molar-refractivity contribution in [3.8, 4) is 0 Å². The lowest BCUT2D eigenvalue weighted by atomic mass is 10.2. The van der Waals surface area contributed by atoms with Crippen LogP contribution in [0.3, 0.4) is 0 Å². The molecule has 0 aromatic carbocycles. The third-order valence-corrected chi connectivity index (χ3v) is 1.88. The lowest BCUT2D eigenvalue weighted by molar-refractivity contribution is 0.0704. The van der Waals surface area contributed by atoms with Crippen LogP contribution in [-0.2, 0) is 4.74 Å². The molecule has 2 heterocycles. The average molecular weight is 112 g/mol. The molecule has 2 fully saturated rings. The van der Waals surface area contributed by atoms with E-state index in [0.29, 0.717) is 12.1 Å². The van der Waals surface area contributed by atoms with E-state index in [0.717, 1.165) is 13.2 Å². The molecule has 2 atom stereocenters. The van der Waals surface area contributed by atoms with Crippen LogP contribution < -0.4 is 5.32 Å². The number of fused-ring (bicyclic) bond motifs is 2. The number of rotatable bonds is 0. The van der Waals surface area contributed by atoms with Crippen LogP contribution in [0.2, 0.25) is 0 Å².